The van der Waals surface area contributed by atoms with Crippen LogP contribution >= 0.6 is 0 Å². The Bertz CT molecular complexity index is 1420. The molecule has 8 nitrogen and oxygen atoms in total. The minimum Gasteiger partial charge on any atom is -0.479 e. The molecule has 0 aliphatic heterocycles. The molecule has 160 valence electrons. The van der Waals surface area contributed by atoms with Crippen molar-refractivity contribution in [3.8, 4) is 23.0 Å². The van der Waals surface area contributed by atoms with Gasteiger partial charge in [-0.2, -0.15) is 4.98 Å². The number of imidazole rings is 2. The molecule has 1 aromatic carbocycles. The Morgan fingerprint density at radius 2 is 1.81 bits per heavy atom. The molecule has 0 radical (unpaired) electrons. The Morgan fingerprint density at radius 3 is 2.53 bits per heavy atom. The standard InChI is InChI=1S/C23H20FN7O/c1-14-12-31(13-26-14)18-8-9-19(28-23(18)32-3)27-17-10-11-25-22-20(17)29-21(30(22)2)15-4-6-16(24)7-5-15/h4-13H,1-3H3,(H,25,27,28). The average molecular weight is 429 g/mol. The largest absolute Gasteiger partial charge is 0.479 e. The zero-order chi connectivity index (χ0) is 22.2. The van der Waals surface area contributed by atoms with Gasteiger partial charge in [-0.3, -0.25) is 0 Å². The summed E-state index contributed by atoms with van der Waals surface area (Å²) in [5.41, 5.74) is 4.63. The first-order chi connectivity index (χ1) is 15.5. The molecule has 0 fully saturated rings. The van der Waals surface area contributed by atoms with E-state index >= 15 is 0 Å². The molecule has 5 aromatic rings. The number of fused-ring (bicyclic) bond motifs is 1. The first-order valence-corrected chi connectivity index (χ1v) is 9.94. The maximum atomic E-state index is 13.3. The number of pyridine rings is 2. The lowest BCUT2D eigenvalue weighted by Gasteiger charge is -2.11. The third-order valence-corrected chi connectivity index (χ3v) is 5.15. The summed E-state index contributed by atoms with van der Waals surface area (Å²) in [5.74, 6) is 1.47. The molecule has 0 unspecified atom stereocenters. The van der Waals surface area contributed by atoms with E-state index in [-0.39, 0.29) is 5.82 Å². The van der Waals surface area contributed by atoms with Gasteiger partial charge in [-0.1, -0.05) is 0 Å². The molecule has 0 bridgehead atoms. The van der Waals surface area contributed by atoms with E-state index in [4.69, 9.17) is 9.72 Å². The molecule has 0 spiro atoms. The first-order valence-electron chi connectivity index (χ1n) is 9.94. The van der Waals surface area contributed by atoms with Crippen LogP contribution in [0.1, 0.15) is 5.69 Å². The third kappa shape index (κ3) is 3.43. The van der Waals surface area contributed by atoms with Gasteiger partial charge in [0.1, 0.15) is 28.7 Å². The van der Waals surface area contributed by atoms with Crippen LogP contribution in [0.2, 0.25) is 0 Å². The predicted molar refractivity (Wildman–Crippen MR) is 120 cm³/mol. The van der Waals surface area contributed by atoms with Gasteiger partial charge in [0.25, 0.3) is 0 Å². The first kappa shape index (κ1) is 19.7. The fourth-order valence-electron chi connectivity index (χ4n) is 3.58. The van der Waals surface area contributed by atoms with E-state index in [1.165, 1.54) is 12.1 Å². The van der Waals surface area contributed by atoms with Crippen molar-refractivity contribution in [1.82, 2.24) is 29.1 Å². The molecule has 5 rings (SSSR count). The topological polar surface area (TPSA) is 82.7 Å². The van der Waals surface area contributed by atoms with Crippen molar-refractivity contribution in [3.63, 3.8) is 0 Å². The number of nitrogens with one attached hydrogen (secondary N) is 1. The second-order valence-corrected chi connectivity index (χ2v) is 7.30. The van der Waals surface area contributed by atoms with Crippen LogP contribution in [0.4, 0.5) is 15.9 Å². The van der Waals surface area contributed by atoms with Gasteiger partial charge in [-0.15, -0.1) is 0 Å². The van der Waals surface area contributed by atoms with Gasteiger partial charge in [0, 0.05) is 25.0 Å². The normalized spacial score (nSPS) is 11.1. The van der Waals surface area contributed by atoms with E-state index in [1.807, 2.05) is 47.5 Å². The molecule has 0 aliphatic rings. The van der Waals surface area contributed by atoms with Crippen molar-refractivity contribution in [2.45, 2.75) is 6.92 Å². The number of hydrogen-bond donors (Lipinski definition) is 1. The summed E-state index contributed by atoms with van der Waals surface area (Å²) in [4.78, 5) is 18.1. The average Bonchev–Trinajstić information content (AvgIpc) is 3.38. The summed E-state index contributed by atoms with van der Waals surface area (Å²) < 4.78 is 22.6. The van der Waals surface area contributed by atoms with Crippen molar-refractivity contribution < 1.29 is 9.13 Å². The number of methoxy groups -OCH3 is 1. The van der Waals surface area contributed by atoms with Gasteiger partial charge >= 0.3 is 0 Å². The Balaban J connectivity index is 1.53. The lowest BCUT2D eigenvalue weighted by molar-refractivity contribution is 0.396. The molecular weight excluding hydrogens is 409 g/mol. The molecular formula is C23H20FN7O. The minimum absolute atomic E-state index is 0.290. The van der Waals surface area contributed by atoms with Crippen molar-refractivity contribution in [3.05, 3.63) is 72.7 Å². The van der Waals surface area contributed by atoms with Crippen molar-refractivity contribution >= 4 is 22.7 Å². The molecule has 0 saturated carbocycles. The van der Waals surface area contributed by atoms with Crippen LogP contribution < -0.4 is 10.1 Å². The molecule has 1 N–H and O–H groups in total. The number of hydrogen-bond acceptors (Lipinski definition) is 6. The second kappa shape index (κ2) is 7.77. The fourth-order valence-corrected chi connectivity index (χ4v) is 3.58. The Hall–Kier alpha value is -4.27. The maximum absolute atomic E-state index is 13.3. The summed E-state index contributed by atoms with van der Waals surface area (Å²) in [7, 11) is 3.46. The molecule has 4 aromatic heterocycles. The smallest absolute Gasteiger partial charge is 0.240 e. The maximum Gasteiger partial charge on any atom is 0.240 e. The van der Waals surface area contributed by atoms with E-state index in [1.54, 1.807) is 31.8 Å². The highest BCUT2D eigenvalue weighted by molar-refractivity contribution is 5.90. The van der Waals surface area contributed by atoms with E-state index in [9.17, 15) is 4.39 Å². The highest BCUT2D eigenvalue weighted by Crippen LogP contribution is 2.30. The van der Waals surface area contributed by atoms with Crippen LogP contribution in [0.3, 0.4) is 0 Å². The van der Waals surface area contributed by atoms with Crippen molar-refractivity contribution in [1.29, 1.82) is 0 Å². The quantitative estimate of drug-likeness (QED) is 0.445. The molecule has 0 atom stereocenters. The molecule has 0 amide bonds. The van der Waals surface area contributed by atoms with E-state index in [0.717, 1.165) is 22.6 Å². The fraction of sp³-hybridized carbons (Fsp3) is 0.130. The van der Waals surface area contributed by atoms with Gasteiger partial charge in [0.05, 0.1) is 24.8 Å². The second-order valence-electron chi connectivity index (χ2n) is 7.30. The lowest BCUT2D eigenvalue weighted by atomic mass is 10.2. The van der Waals surface area contributed by atoms with Crippen LogP contribution in [0.5, 0.6) is 5.88 Å². The zero-order valence-electron chi connectivity index (χ0n) is 17.7. The lowest BCUT2D eigenvalue weighted by Crippen LogP contribution is -2.02. The molecule has 0 saturated heterocycles. The summed E-state index contributed by atoms with van der Waals surface area (Å²) in [6.45, 7) is 1.92. The molecule has 32 heavy (non-hydrogen) atoms. The van der Waals surface area contributed by atoms with Crippen LogP contribution in [0, 0.1) is 12.7 Å². The number of rotatable bonds is 5. The SMILES string of the molecule is COc1nc(Nc2ccnc3c2nc(-c2ccc(F)cc2)n3C)ccc1-n1cnc(C)c1. The van der Waals surface area contributed by atoms with Crippen LogP contribution in [-0.2, 0) is 7.05 Å². The van der Waals surface area contributed by atoms with Crippen LogP contribution in [-0.4, -0.2) is 36.2 Å². The number of benzene rings is 1. The van der Waals surface area contributed by atoms with Gasteiger partial charge in [0.15, 0.2) is 5.65 Å². The number of anilines is 2. The van der Waals surface area contributed by atoms with E-state index in [2.05, 4.69) is 20.3 Å². The minimum atomic E-state index is -0.290. The zero-order valence-corrected chi connectivity index (χ0v) is 17.7. The highest BCUT2D eigenvalue weighted by Gasteiger charge is 2.15. The van der Waals surface area contributed by atoms with Gasteiger partial charge in [-0.25, -0.2) is 19.3 Å². The van der Waals surface area contributed by atoms with Crippen molar-refractivity contribution in [2.75, 3.05) is 12.4 Å². The van der Waals surface area contributed by atoms with Gasteiger partial charge in [-0.05, 0) is 49.4 Å². The predicted octanol–water partition coefficient (Wildman–Crippen LogP) is 4.42. The number of halogens is 1. The Kier molecular flexibility index (Phi) is 4.78. The monoisotopic (exact) mass is 429 g/mol. The van der Waals surface area contributed by atoms with Crippen LogP contribution in [0.25, 0.3) is 28.2 Å². The number of aromatic nitrogens is 6. The van der Waals surface area contributed by atoms with Gasteiger partial charge in [0.2, 0.25) is 5.88 Å². The Labute approximate surface area is 183 Å². The number of nitrogens with zero attached hydrogens (tertiary/aromatic N) is 6. The summed E-state index contributed by atoms with van der Waals surface area (Å²) >= 11 is 0. The molecule has 4 heterocycles. The molecule has 9 heteroatoms. The van der Waals surface area contributed by atoms with E-state index < -0.39 is 0 Å². The molecule has 0 aliphatic carbocycles. The Morgan fingerprint density at radius 1 is 1.00 bits per heavy atom. The van der Waals surface area contributed by atoms with E-state index in [0.29, 0.717) is 28.7 Å². The van der Waals surface area contributed by atoms with Crippen LogP contribution in [0.15, 0.2) is 61.2 Å². The van der Waals surface area contributed by atoms with Gasteiger partial charge < -0.3 is 19.2 Å². The third-order valence-electron chi connectivity index (χ3n) is 5.15. The number of aryl methyl sites for hydroxylation is 2. The summed E-state index contributed by atoms with van der Waals surface area (Å²) in [5, 5.41) is 3.31. The summed E-state index contributed by atoms with van der Waals surface area (Å²) in [6, 6.07) is 11.9. The highest BCUT2D eigenvalue weighted by atomic mass is 19.1. The summed E-state index contributed by atoms with van der Waals surface area (Å²) in [6.07, 6.45) is 5.34. The van der Waals surface area contributed by atoms with Crippen molar-refractivity contribution in [2.24, 2.45) is 7.05 Å². The number of ether oxygens (including phenoxy) is 1.